The van der Waals surface area contributed by atoms with Gasteiger partial charge in [-0.05, 0) is 75.4 Å². The van der Waals surface area contributed by atoms with Crippen molar-refractivity contribution in [3.05, 3.63) is 96.1 Å². The van der Waals surface area contributed by atoms with Crippen LogP contribution in [-0.2, 0) is 37.2 Å². The third-order valence-corrected chi connectivity index (χ3v) is 8.75. The summed E-state index contributed by atoms with van der Waals surface area (Å²) in [5.74, 6) is -0.680. The van der Waals surface area contributed by atoms with Crippen LogP contribution < -0.4 is 10.0 Å². The number of ether oxygens (including phenoxy) is 1. The molecule has 0 fully saturated rings. The molecule has 0 aliphatic heterocycles. The maximum absolute atomic E-state index is 14.4. The normalized spacial score (nSPS) is 13.6. The molecule has 0 spiro atoms. The van der Waals surface area contributed by atoms with Gasteiger partial charge in [0.15, 0.2) is 0 Å². The molecule has 0 bridgehead atoms. The van der Waals surface area contributed by atoms with Crippen LogP contribution in [0.25, 0.3) is 10.8 Å². The first-order valence-corrected chi connectivity index (χ1v) is 18.0. The summed E-state index contributed by atoms with van der Waals surface area (Å²) in [6, 6.07) is 22.2. The SMILES string of the molecule is CN(C(=O)C(Cc1ccc2ccccc2c1)N(C)C(=O)C=CCC(C)(C)NC(=O)OC(C)(C)C)C(C[NH2+]S(C)(=O)=O)Cc1ccccc1. The zero-order valence-corrected chi connectivity index (χ0v) is 30.2. The van der Waals surface area contributed by atoms with E-state index in [9.17, 15) is 22.8 Å². The van der Waals surface area contributed by atoms with Crippen LogP contribution in [0.15, 0.2) is 84.9 Å². The van der Waals surface area contributed by atoms with Crippen LogP contribution in [0.5, 0.6) is 0 Å². The van der Waals surface area contributed by atoms with Gasteiger partial charge in [-0.1, -0.05) is 78.9 Å². The van der Waals surface area contributed by atoms with Gasteiger partial charge in [0.25, 0.3) is 10.0 Å². The van der Waals surface area contributed by atoms with Gasteiger partial charge in [-0.3, -0.25) is 9.59 Å². The first kappa shape index (κ1) is 38.2. The van der Waals surface area contributed by atoms with Crippen LogP contribution in [0.3, 0.4) is 0 Å². The molecule has 11 heteroatoms. The van der Waals surface area contributed by atoms with Gasteiger partial charge in [0.2, 0.25) is 11.8 Å². The van der Waals surface area contributed by atoms with Crippen molar-refractivity contribution in [3.8, 4) is 0 Å². The lowest BCUT2D eigenvalue weighted by Gasteiger charge is -2.34. The second kappa shape index (κ2) is 16.3. The maximum atomic E-state index is 14.4. The predicted molar refractivity (Wildman–Crippen MR) is 190 cm³/mol. The highest BCUT2D eigenvalue weighted by Gasteiger charge is 2.33. The molecule has 3 amide bonds. The zero-order valence-electron chi connectivity index (χ0n) is 29.4. The number of hydrogen-bond donors (Lipinski definition) is 2. The van der Waals surface area contributed by atoms with E-state index in [1.165, 1.54) is 15.7 Å². The van der Waals surface area contributed by atoms with E-state index in [1.54, 1.807) is 45.8 Å². The summed E-state index contributed by atoms with van der Waals surface area (Å²) in [4.78, 5) is 43.3. The quantitative estimate of drug-likeness (QED) is 0.248. The summed E-state index contributed by atoms with van der Waals surface area (Å²) in [5.41, 5.74) is 0.510. The molecule has 0 aromatic heterocycles. The minimum absolute atomic E-state index is 0.135. The van der Waals surface area contributed by atoms with E-state index >= 15 is 0 Å². The second-order valence-electron chi connectivity index (χ2n) is 14.0. The van der Waals surface area contributed by atoms with Gasteiger partial charge < -0.3 is 19.9 Å². The molecule has 48 heavy (non-hydrogen) atoms. The molecular formula is C37H51N4O6S+. The van der Waals surface area contributed by atoms with Gasteiger partial charge in [0.05, 0.1) is 12.3 Å². The van der Waals surface area contributed by atoms with Gasteiger partial charge in [-0.25, -0.2) is 9.52 Å². The Hall–Kier alpha value is -4.22. The van der Waals surface area contributed by atoms with Crippen molar-refractivity contribution in [2.24, 2.45) is 0 Å². The van der Waals surface area contributed by atoms with E-state index < -0.39 is 39.3 Å². The topological polar surface area (TPSA) is 130 Å². The number of alkyl carbamates (subject to hydrolysis) is 1. The van der Waals surface area contributed by atoms with Crippen LogP contribution in [-0.4, -0.2) is 86.2 Å². The van der Waals surface area contributed by atoms with E-state index in [2.05, 4.69) is 5.32 Å². The van der Waals surface area contributed by atoms with Crippen molar-refractivity contribution in [3.63, 3.8) is 0 Å². The number of rotatable bonds is 14. The third-order valence-electron chi connectivity index (χ3n) is 7.95. The summed E-state index contributed by atoms with van der Waals surface area (Å²) in [6.45, 7) is 9.16. The predicted octanol–water partition coefficient (Wildman–Crippen LogP) is 4.05. The third kappa shape index (κ3) is 12.4. The molecule has 0 saturated carbocycles. The lowest BCUT2D eigenvalue weighted by Crippen LogP contribution is -2.89. The number of primary sulfonamides is 1. The number of fused-ring (bicyclic) bond motifs is 1. The monoisotopic (exact) mass is 679 g/mol. The van der Waals surface area contributed by atoms with Crippen molar-refractivity contribution in [1.82, 2.24) is 15.1 Å². The largest absolute Gasteiger partial charge is 0.444 e. The Labute approximate surface area is 285 Å². The smallest absolute Gasteiger partial charge is 0.408 e. The fourth-order valence-electron chi connectivity index (χ4n) is 5.30. The Morgan fingerprint density at radius 2 is 1.48 bits per heavy atom. The molecule has 2 atom stereocenters. The fraction of sp³-hybridized carbons (Fsp3) is 0.432. The first-order valence-electron chi connectivity index (χ1n) is 16.1. The van der Waals surface area contributed by atoms with E-state index in [0.29, 0.717) is 12.8 Å². The Balaban J connectivity index is 1.88. The summed E-state index contributed by atoms with van der Waals surface area (Å²) in [5, 5.41) is 4.92. The standard InChI is InChI=1S/C37H50N4O6S/c1-36(2,3)47-35(44)39-37(4,5)22-14-19-33(42)41(7)32(25-28-20-21-29-17-12-13-18-30(29)23-28)34(43)40(6)31(26-38-48(8,45)46)24-27-15-10-9-11-16-27/h9-21,23,31-32,38H,22,24-26H2,1-8H3,(H,39,44)/p+1. The number of carbonyl (C=O) groups is 3. The summed E-state index contributed by atoms with van der Waals surface area (Å²) >= 11 is 0. The molecule has 2 unspecified atom stereocenters. The minimum atomic E-state index is -3.40. The number of benzene rings is 3. The molecular weight excluding hydrogens is 628 g/mol. The Morgan fingerprint density at radius 3 is 2.10 bits per heavy atom. The van der Waals surface area contributed by atoms with E-state index in [-0.39, 0.29) is 24.8 Å². The Bertz CT molecular complexity index is 1700. The fourth-order valence-corrected chi connectivity index (χ4v) is 5.87. The molecule has 0 radical (unpaired) electrons. The molecule has 3 N–H and O–H groups in total. The van der Waals surface area contributed by atoms with Crippen molar-refractivity contribution in [1.29, 1.82) is 0 Å². The zero-order chi connectivity index (χ0) is 35.7. The number of hydrogen-bond acceptors (Lipinski definition) is 6. The number of nitrogens with two attached hydrogens (primary N) is 1. The van der Waals surface area contributed by atoms with Crippen LogP contribution in [0.4, 0.5) is 4.79 Å². The van der Waals surface area contributed by atoms with Crippen LogP contribution in [0.1, 0.15) is 52.2 Å². The van der Waals surface area contributed by atoms with Crippen LogP contribution >= 0.6 is 0 Å². The van der Waals surface area contributed by atoms with E-state index in [1.807, 2.05) is 86.6 Å². The van der Waals surface area contributed by atoms with Gasteiger partial charge >= 0.3 is 6.09 Å². The number of amides is 3. The number of nitrogens with one attached hydrogen (secondary N) is 1. The highest BCUT2D eigenvalue weighted by Crippen LogP contribution is 2.20. The van der Waals surface area contributed by atoms with Crippen molar-refractivity contribution in [2.75, 3.05) is 26.9 Å². The number of sulfonamides is 1. The highest BCUT2D eigenvalue weighted by atomic mass is 32.2. The maximum Gasteiger partial charge on any atom is 0.408 e. The molecule has 0 aliphatic rings. The summed E-state index contributed by atoms with van der Waals surface area (Å²) in [7, 11) is -0.135. The molecule has 10 nitrogen and oxygen atoms in total. The van der Waals surface area contributed by atoms with Gasteiger partial charge in [-0.15, -0.1) is 0 Å². The number of carbonyl (C=O) groups excluding carboxylic acids is 3. The van der Waals surface area contributed by atoms with Crippen molar-refractivity contribution < 1.29 is 32.3 Å². The summed E-state index contributed by atoms with van der Waals surface area (Å²) in [6.07, 6.45) is 4.72. The van der Waals surface area contributed by atoms with Crippen molar-refractivity contribution >= 4 is 38.7 Å². The van der Waals surface area contributed by atoms with Gasteiger partial charge in [-0.2, -0.15) is 8.42 Å². The van der Waals surface area contributed by atoms with Crippen LogP contribution in [0, 0.1) is 0 Å². The number of likely N-dealkylation sites (N-methyl/N-ethyl adjacent to an activating group) is 2. The number of nitrogens with zero attached hydrogens (tertiary/aromatic N) is 2. The summed E-state index contributed by atoms with van der Waals surface area (Å²) < 4.78 is 30.8. The van der Waals surface area contributed by atoms with Crippen molar-refractivity contribution in [2.45, 2.75) is 77.1 Å². The Morgan fingerprint density at radius 1 is 0.854 bits per heavy atom. The van der Waals surface area contributed by atoms with Crippen LogP contribution in [0.2, 0.25) is 0 Å². The molecule has 3 aromatic carbocycles. The van der Waals surface area contributed by atoms with Gasteiger partial charge in [0.1, 0.15) is 18.2 Å². The molecule has 3 aromatic rings. The lowest BCUT2D eigenvalue weighted by molar-refractivity contribution is -0.502. The minimum Gasteiger partial charge on any atom is -0.444 e. The average molecular weight is 680 g/mol. The van der Waals surface area contributed by atoms with E-state index in [0.717, 1.165) is 28.2 Å². The van der Waals surface area contributed by atoms with E-state index in [4.69, 9.17) is 4.74 Å². The second-order valence-corrected chi connectivity index (χ2v) is 16.0. The molecule has 0 heterocycles. The molecule has 0 aliphatic carbocycles. The molecule has 0 saturated heterocycles. The lowest BCUT2D eigenvalue weighted by atomic mass is 9.98. The Kier molecular flexibility index (Phi) is 12.9. The molecule has 260 valence electrons. The number of quaternary nitrogens is 1. The van der Waals surface area contributed by atoms with Gasteiger partial charge in [0, 0.05) is 26.1 Å². The molecule has 3 rings (SSSR count). The highest BCUT2D eigenvalue weighted by molar-refractivity contribution is 7.83. The first-order chi connectivity index (χ1) is 22.3. The average Bonchev–Trinajstić information content (AvgIpc) is 2.99.